The van der Waals surface area contributed by atoms with Gasteiger partial charge in [0.2, 0.25) is 0 Å². The van der Waals surface area contributed by atoms with E-state index in [0.717, 1.165) is 0 Å². The fourth-order valence-corrected chi connectivity index (χ4v) is 1.84. The molecule has 0 aliphatic rings. The van der Waals surface area contributed by atoms with Crippen LogP contribution >= 0.6 is 0 Å². The van der Waals surface area contributed by atoms with Crippen LogP contribution in [0.25, 0.3) is 0 Å². The van der Waals surface area contributed by atoms with E-state index in [1.165, 1.54) is 18.2 Å². The number of benzene rings is 1. The molecule has 1 aromatic rings. The Bertz CT molecular complexity index is 523. The van der Waals surface area contributed by atoms with Gasteiger partial charge in [-0.3, -0.25) is 9.35 Å². The van der Waals surface area contributed by atoms with Gasteiger partial charge in [-0.05, 0) is 24.6 Å². The van der Waals surface area contributed by atoms with Crippen molar-refractivity contribution in [2.24, 2.45) is 0 Å². The first-order chi connectivity index (χ1) is 7.79. The first-order valence-electron chi connectivity index (χ1n) is 4.86. The van der Waals surface area contributed by atoms with Crippen molar-refractivity contribution in [1.82, 2.24) is 0 Å². The minimum atomic E-state index is -4.06. The molecule has 0 atom stereocenters. The Morgan fingerprint density at radius 3 is 2.59 bits per heavy atom. The maximum atomic E-state index is 11.6. The Kier molecular flexibility index (Phi) is 4.08. The number of rotatable bonds is 5. The normalized spacial score (nSPS) is 11.4. The lowest BCUT2D eigenvalue weighted by Crippen LogP contribution is -2.07. The van der Waals surface area contributed by atoms with Crippen molar-refractivity contribution in [2.45, 2.75) is 12.8 Å². The molecule has 0 aliphatic carbocycles. The molecule has 6 nitrogen and oxygen atoms in total. The van der Waals surface area contributed by atoms with Crippen molar-refractivity contribution in [3.63, 3.8) is 0 Å². The third-order valence-corrected chi connectivity index (χ3v) is 2.93. The predicted molar refractivity (Wildman–Crippen MR) is 62.5 cm³/mol. The second kappa shape index (κ2) is 5.15. The quantitative estimate of drug-likeness (QED) is 0.312. The van der Waals surface area contributed by atoms with Gasteiger partial charge in [0.05, 0.1) is 11.3 Å². The summed E-state index contributed by atoms with van der Waals surface area (Å²) in [4.78, 5) is 11.6. The second-order valence-electron chi connectivity index (χ2n) is 3.59. The number of nitrogens with two attached hydrogens (primary N) is 1. The van der Waals surface area contributed by atoms with Gasteiger partial charge in [-0.25, -0.2) is 0 Å². The molecule has 4 N–H and O–H groups in total. The molecule has 94 valence electrons. The Balaban J connectivity index is 2.67. The lowest BCUT2D eigenvalue weighted by Gasteiger charge is -2.04. The van der Waals surface area contributed by atoms with Gasteiger partial charge in [0.25, 0.3) is 10.1 Å². The van der Waals surface area contributed by atoms with Gasteiger partial charge >= 0.3 is 0 Å². The Morgan fingerprint density at radius 1 is 1.35 bits per heavy atom. The average molecular weight is 259 g/mol. The number of ketones is 1. The summed E-state index contributed by atoms with van der Waals surface area (Å²) >= 11 is 0. The van der Waals surface area contributed by atoms with Gasteiger partial charge < -0.3 is 10.8 Å². The molecule has 1 rings (SSSR count). The van der Waals surface area contributed by atoms with Crippen molar-refractivity contribution in [3.05, 3.63) is 23.8 Å². The van der Waals surface area contributed by atoms with Crippen LogP contribution in [0, 0.1) is 0 Å². The van der Waals surface area contributed by atoms with E-state index in [0.29, 0.717) is 5.69 Å². The van der Waals surface area contributed by atoms with Crippen molar-refractivity contribution in [1.29, 1.82) is 0 Å². The Morgan fingerprint density at radius 2 is 2.00 bits per heavy atom. The van der Waals surface area contributed by atoms with E-state index in [1.54, 1.807) is 0 Å². The van der Waals surface area contributed by atoms with Gasteiger partial charge in [0, 0.05) is 12.1 Å². The second-order valence-corrected chi connectivity index (χ2v) is 5.16. The first-order valence-corrected chi connectivity index (χ1v) is 6.47. The maximum Gasteiger partial charge on any atom is 0.264 e. The van der Waals surface area contributed by atoms with Crippen LogP contribution in [0.4, 0.5) is 5.69 Å². The molecule has 7 heteroatoms. The van der Waals surface area contributed by atoms with Crippen LogP contribution in [0.3, 0.4) is 0 Å². The van der Waals surface area contributed by atoms with Crippen LogP contribution in [0.1, 0.15) is 23.2 Å². The molecule has 0 saturated carbocycles. The van der Waals surface area contributed by atoms with Crippen molar-refractivity contribution in [3.8, 4) is 5.75 Å². The molecule has 0 radical (unpaired) electrons. The third kappa shape index (κ3) is 4.41. The van der Waals surface area contributed by atoms with Gasteiger partial charge in [-0.1, -0.05) is 0 Å². The number of hydrogen-bond acceptors (Lipinski definition) is 5. The largest absolute Gasteiger partial charge is 0.507 e. The van der Waals surface area contributed by atoms with Crippen molar-refractivity contribution in [2.75, 3.05) is 11.5 Å². The summed E-state index contributed by atoms with van der Waals surface area (Å²) in [5.74, 6) is -1.10. The number of nitrogen functional groups attached to an aromatic ring is 1. The van der Waals surface area contributed by atoms with Crippen LogP contribution < -0.4 is 5.73 Å². The number of carbonyl (C=O) groups excluding carboxylic acids is 1. The highest BCUT2D eigenvalue weighted by atomic mass is 32.2. The number of Topliss-reactive ketones (excluding diaryl/α,β-unsaturated/α-hetero) is 1. The molecule has 0 spiro atoms. The van der Waals surface area contributed by atoms with Crippen molar-refractivity contribution >= 4 is 21.6 Å². The van der Waals surface area contributed by atoms with E-state index in [1.807, 2.05) is 0 Å². The Labute approximate surface area is 98.8 Å². The fourth-order valence-electron chi connectivity index (χ4n) is 1.33. The van der Waals surface area contributed by atoms with Crippen LogP contribution in [0.2, 0.25) is 0 Å². The van der Waals surface area contributed by atoms with Crippen LogP contribution in [0.15, 0.2) is 18.2 Å². The van der Waals surface area contributed by atoms with E-state index < -0.39 is 21.7 Å². The number of hydrogen-bond donors (Lipinski definition) is 3. The molecular weight excluding hydrogens is 246 g/mol. The zero-order valence-electron chi connectivity index (χ0n) is 8.96. The lowest BCUT2D eigenvalue weighted by molar-refractivity contribution is 0.0979. The number of carbonyl (C=O) groups is 1. The smallest absolute Gasteiger partial charge is 0.264 e. The zero-order valence-corrected chi connectivity index (χ0v) is 9.77. The summed E-state index contributed by atoms with van der Waals surface area (Å²) in [6.07, 6.45) is -0.0945. The topological polar surface area (TPSA) is 118 Å². The summed E-state index contributed by atoms with van der Waals surface area (Å²) in [7, 11) is -4.06. The van der Waals surface area contributed by atoms with E-state index >= 15 is 0 Å². The SMILES string of the molecule is Nc1ccc(O)c(C(=O)CCCS(=O)(=O)O)c1. The monoisotopic (exact) mass is 259 g/mol. The van der Waals surface area contributed by atoms with E-state index in [2.05, 4.69) is 0 Å². The van der Waals surface area contributed by atoms with Crippen molar-refractivity contribution < 1.29 is 22.9 Å². The predicted octanol–water partition coefficient (Wildman–Crippen LogP) is 0.825. The molecule has 0 aliphatic heterocycles. The Hall–Kier alpha value is -1.60. The molecule has 0 bridgehead atoms. The number of phenols is 1. The first kappa shape index (κ1) is 13.5. The highest BCUT2D eigenvalue weighted by molar-refractivity contribution is 7.85. The number of anilines is 1. The molecule has 0 fully saturated rings. The molecule has 1 aromatic carbocycles. The molecular formula is C10H13NO5S. The summed E-state index contributed by atoms with van der Waals surface area (Å²) in [5.41, 5.74) is 5.85. The minimum Gasteiger partial charge on any atom is -0.507 e. The van der Waals surface area contributed by atoms with Crippen LogP contribution in [-0.4, -0.2) is 29.6 Å². The standard InChI is InChI=1S/C10H13NO5S/c11-7-3-4-10(13)8(6-7)9(12)2-1-5-17(14,15)16/h3-4,6,13H,1-2,5,11H2,(H,14,15,16). The molecule has 17 heavy (non-hydrogen) atoms. The van der Waals surface area contributed by atoms with E-state index in [-0.39, 0.29) is 24.2 Å². The van der Waals surface area contributed by atoms with Crippen LogP contribution in [-0.2, 0) is 10.1 Å². The molecule has 0 amide bonds. The molecule has 0 saturated heterocycles. The van der Waals surface area contributed by atoms with E-state index in [9.17, 15) is 18.3 Å². The highest BCUT2D eigenvalue weighted by Gasteiger charge is 2.13. The third-order valence-electron chi connectivity index (χ3n) is 2.13. The average Bonchev–Trinajstić information content (AvgIpc) is 2.19. The molecule has 0 aromatic heterocycles. The highest BCUT2D eigenvalue weighted by Crippen LogP contribution is 2.21. The summed E-state index contributed by atoms with van der Waals surface area (Å²) in [6, 6.07) is 4.07. The van der Waals surface area contributed by atoms with E-state index in [4.69, 9.17) is 10.3 Å². The lowest BCUT2D eigenvalue weighted by atomic mass is 10.1. The summed E-state index contributed by atoms with van der Waals surface area (Å²) in [6.45, 7) is 0. The molecule has 0 heterocycles. The minimum absolute atomic E-state index is 0.00803. The summed E-state index contributed by atoms with van der Waals surface area (Å²) < 4.78 is 29.4. The number of aromatic hydroxyl groups is 1. The van der Waals surface area contributed by atoms with Crippen LogP contribution in [0.5, 0.6) is 5.75 Å². The maximum absolute atomic E-state index is 11.6. The van der Waals surface area contributed by atoms with Gasteiger partial charge in [0.1, 0.15) is 5.75 Å². The molecule has 0 unspecified atom stereocenters. The number of phenolic OH excluding ortho intramolecular Hbond substituents is 1. The summed E-state index contributed by atoms with van der Waals surface area (Å²) in [5, 5.41) is 9.42. The zero-order chi connectivity index (χ0) is 13.1. The van der Waals surface area contributed by atoms with Gasteiger partial charge in [-0.2, -0.15) is 8.42 Å². The fraction of sp³-hybridized carbons (Fsp3) is 0.300. The van der Waals surface area contributed by atoms with Gasteiger partial charge in [0.15, 0.2) is 5.78 Å². The van der Waals surface area contributed by atoms with Gasteiger partial charge in [-0.15, -0.1) is 0 Å².